The molecular formula is C12H16BBrFNO2. The maximum Gasteiger partial charge on any atom is 0.497 e. The number of nitrogen functional groups attached to an aromatic ring is 1. The molecule has 0 atom stereocenters. The van der Waals surface area contributed by atoms with Crippen molar-refractivity contribution in [2.75, 3.05) is 5.73 Å². The van der Waals surface area contributed by atoms with E-state index in [0.717, 1.165) is 0 Å². The molecule has 1 aliphatic rings. The van der Waals surface area contributed by atoms with Crippen molar-refractivity contribution in [1.29, 1.82) is 0 Å². The van der Waals surface area contributed by atoms with E-state index >= 15 is 0 Å². The Morgan fingerprint density at radius 1 is 1.17 bits per heavy atom. The fraction of sp³-hybridized carbons (Fsp3) is 0.500. The Bertz CT molecular complexity index is 477. The molecule has 0 amide bonds. The first-order chi connectivity index (χ1) is 8.14. The van der Waals surface area contributed by atoms with Gasteiger partial charge in [0, 0.05) is 15.6 Å². The monoisotopic (exact) mass is 315 g/mol. The minimum atomic E-state index is -0.651. The summed E-state index contributed by atoms with van der Waals surface area (Å²) in [5.41, 5.74) is 5.95. The van der Waals surface area contributed by atoms with Crippen LogP contribution in [0.3, 0.4) is 0 Å². The van der Waals surface area contributed by atoms with Gasteiger partial charge < -0.3 is 15.0 Å². The summed E-state index contributed by atoms with van der Waals surface area (Å²) in [7, 11) is -0.651. The standard InChI is InChI=1S/C12H16BBrFNO2/c1-11(2)12(3,4)18-13(17-11)8-5-7(15)6-9(14)10(8)16/h5-6H,16H2,1-4H3. The highest BCUT2D eigenvalue weighted by atomic mass is 79.9. The Kier molecular flexibility index (Phi) is 3.24. The molecule has 98 valence electrons. The van der Waals surface area contributed by atoms with E-state index in [-0.39, 0.29) is 5.82 Å². The Hall–Kier alpha value is -0.585. The van der Waals surface area contributed by atoms with Gasteiger partial charge in [-0.3, -0.25) is 0 Å². The summed E-state index contributed by atoms with van der Waals surface area (Å²) in [6.45, 7) is 7.77. The number of hydrogen-bond acceptors (Lipinski definition) is 3. The predicted octanol–water partition coefficient (Wildman–Crippen LogP) is 2.47. The van der Waals surface area contributed by atoms with Gasteiger partial charge in [0.1, 0.15) is 5.82 Å². The van der Waals surface area contributed by atoms with Crippen LogP contribution in [0.1, 0.15) is 27.7 Å². The number of halogens is 2. The van der Waals surface area contributed by atoms with E-state index < -0.39 is 18.3 Å². The van der Waals surface area contributed by atoms with E-state index in [4.69, 9.17) is 15.0 Å². The first kappa shape index (κ1) is 13.8. The van der Waals surface area contributed by atoms with Crippen LogP contribution in [0, 0.1) is 5.82 Å². The molecule has 3 nitrogen and oxygen atoms in total. The largest absolute Gasteiger partial charge is 0.497 e. The highest BCUT2D eigenvalue weighted by Crippen LogP contribution is 2.37. The fourth-order valence-corrected chi connectivity index (χ4v) is 2.22. The summed E-state index contributed by atoms with van der Waals surface area (Å²) < 4.78 is 25.7. The molecule has 0 radical (unpaired) electrons. The minimum absolute atomic E-state index is 0.374. The van der Waals surface area contributed by atoms with Crippen molar-refractivity contribution in [3.8, 4) is 0 Å². The Balaban J connectivity index is 2.41. The molecule has 0 unspecified atom stereocenters. The number of anilines is 1. The second kappa shape index (κ2) is 4.22. The summed E-state index contributed by atoms with van der Waals surface area (Å²) >= 11 is 3.22. The highest BCUT2D eigenvalue weighted by molar-refractivity contribution is 9.10. The van der Waals surface area contributed by atoms with Gasteiger partial charge in [-0.15, -0.1) is 0 Å². The van der Waals surface area contributed by atoms with Gasteiger partial charge in [0.25, 0.3) is 0 Å². The van der Waals surface area contributed by atoms with Gasteiger partial charge in [0.05, 0.1) is 11.2 Å². The van der Waals surface area contributed by atoms with E-state index in [9.17, 15) is 4.39 Å². The smallest absolute Gasteiger partial charge is 0.399 e. The van der Waals surface area contributed by atoms with E-state index in [1.165, 1.54) is 12.1 Å². The molecule has 1 heterocycles. The third kappa shape index (κ3) is 2.17. The van der Waals surface area contributed by atoms with Crippen LogP contribution in [0.2, 0.25) is 0 Å². The lowest BCUT2D eigenvalue weighted by molar-refractivity contribution is 0.00578. The molecule has 2 N–H and O–H groups in total. The average molecular weight is 316 g/mol. The zero-order valence-corrected chi connectivity index (χ0v) is 12.5. The number of hydrogen-bond donors (Lipinski definition) is 1. The van der Waals surface area contributed by atoms with Crippen LogP contribution in [0.4, 0.5) is 10.1 Å². The zero-order chi connectivity index (χ0) is 13.7. The Morgan fingerprint density at radius 3 is 2.17 bits per heavy atom. The van der Waals surface area contributed by atoms with Gasteiger partial charge in [0.2, 0.25) is 0 Å². The molecular weight excluding hydrogens is 300 g/mol. The van der Waals surface area contributed by atoms with Gasteiger partial charge in [-0.25, -0.2) is 4.39 Å². The molecule has 1 aromatic rings. The Labute approximate surface area is 115 Å². The molecule has 18 heavy (non-hydrogen) atoms. The lowest BCUT2D eigenvalue weighted by Crippen LogP contribution is -2.41. The van der Waals surface area contributed by atoms with Crippen LogP contribution in [-0.4, -0.2) is 18.3 Å². The van der Waals surface area contributed by atoms with Crippen LogP contribution in [0.25, 0.3) is 0 Å². The molecule has 2 rings (SSSR count). The van der Waals surface area contributed by atoms with Crippen molar-refractivity contribution >= 4 is 34.2 Å². The normalized spacial score (nSPS) is 21.3. The van der Waals surface area contributed by atoms with E-state index in [2.05, 4.69) is 15.9 Å². The molecule has 1 aliphatic heterocycles. The van der Waals surface area contributed by atoms with Crippen LogP contribution in [-0.2, 0) is 9.31 Å². The molecule has 0 spiro atoms. The van der Waals surface area contributed by atoms with Crippen molar-refractivity contribution < 1.29 is 13.7 Å². The molecule has 1 saturated heterocycles. The van der Waals surface area contributed by atoms with E-state index in [1.807, 2.05) is 27.7 Å². The molecule has 0 aliphatic carbocycles. The fourth-order valence-electron chi connectivity index (χ4n) is 1.77. The molecule has 1 fully saturated rings. The first-order valence-corrected chi connectivity index (χ1v) is 6.53. The predicted molar refractivity (Wildman–Crippen MR) is 74.2 cm³/mol. The Morgan fingerprint density at radius 2 is 1.67 bits per heavy atom. The molecule has 0 saturated carbocycles. The van der Waals surface area contributed by atoms with Crippen LogP contribution >= 0.6 is 15.9 Å². The summed E-state index contributed by atoms with van der Waals surface area (Å²) in [6.07, 6.45) is 0. The maximum atomic E-state index is 13.4. The molecule has 0 bridgehead atoms. The van der Waals surface area contributed by atoms with Crippen molar-refractivity contribution in [2.45, 2.75) is 38.9 Å². The third-order valence-corrected chi connectivity index (χ3v) is 4.29. The zero-order valence-electron chi connectivity index (χ0n) is 10.9. The van der Waals surface area contributed by atoms with Gasteiger partial charge in [0.15, 0.2) is 0 Å². The van der Waals surface area contributed by atoms with Crippen molar-refractivity contribution in [3.63, 3.8) is 0 Å². The van der Waals surface area contributed by atoms with E-state index in [1.54, 1.807) is 0 Å². The second-order valence-electron chi connectivity index (χ2n) is 5.48. The number of nitrogens with two attached hydrogens (primary N) is 1. The van der Waals surface area contributed by atoms with E-state index in [0.29, 0.717) is 15.6 Å². The summed E-state index contributed by atoms with van der Waals surface area (Å²) in [4.78, 5) is 0. The summed E-state index contributed by atoms with van der Waals surface area (Å²) in [5.74, 6) is -0.374. The van der Waals surface area contributed by atoms with Crippen molar-refractivity contribution in [2.24, 2.45) is 0 Å². The SMILES string of the molecule is CC1(C)OB(c2cc(F)cc(Br)c2N)OC1(C)C. The average Bonchev–Trinajstić information content (AvgIpc) is 2.42. The third-order valence-electron chi connectivity index (χ3n) is 3.63. The van der Waals surface area contributed by atoms with Gasteiger partial charge >= 0.3 is 7.12 Å². The quantitative estimate of drug-likeness (QED) is 0.639. The summed E-state index contributed by atoms with van der Waals surface area (Å²) in [5, 5.41) is 0. The van der Waals surface area contributed by atoms with Crippen LogP contribution in [0.15, 0.2) is 16.6 Å². The lowest BCUT2D eigenvalue weighted by Gasteiger charge is -2.32. The van der Waals surface area contributed by atoms with Crippen molar-refractivity contribution in [1.82, 2.24) is 0 Å². The molecule has 0 aromatic heterocycles. The van der Waals surface area contributed by atoms with Gasteiger partial charge in [-0.05, 0) is 55.8 Å². The number of benzene rings is 1. The molecule has 6 heteroatoms. The summed E-state index contributed by atoms with van der Waals surface area (Å²) in [6, 6.07) is 2.67. The van der Waals surface area contributed by atoms with Crippen molar-refractivity contribution in [3.05, 3.63) is 22.4 Å². The van der Waals surface area contributed by atoms with Crippen LogP contribution in [0.5, 0.6) is 0 Å². The molecule has 1 aromatic carbocycles. The lowest BCUT2D eigenvalue weighted by atomic mass is 9.78. The highest BCUT2D eigenvalue weighted by Gasteiger charge is 2.52. The van der Waals surface area contributed by atoms with Gasteiger partial charge in [-0.1, -0.05) is 0 Å². The van der Waals surface area contributed by atoms with Gasteiger partial charge in [-0.2, -0.15) is 0 Å². The number of rotatable bonds is 1. The topological polar surface area (TPSA) is 44.5 Å². The maximum absolute atomic E-state index is 13.4. The second-order valence-corrected chi connectivity index (χ2v) is 6.33. The van der Waals surface area contributed by atoms with Crippen LogP contribution < -0.4 is 11.2 Å². The first-order valence-electron chi connectivity index (χ1n) is 5.74. The minimum Gasteiger partial charge on any atom is -0.399 e.